The summed E-state index contributed by atoms with van der Waals surface area (Å²) in [6.45, 7) is 4.70. The Morgan fingerprint density at radius 3 is 2.80 bits per heavy atom. The van der Waals surface area contributed by atoms with Gasteiger partial charge in [0.05, 0.1) is 20.1 Å². The van der Waals surface area contributed by atoms with Gasteiger partial charge in [-0.15, -0.1) is 11.3 Å². The molecule has 0 fully saturated rings. The molecule has 0 aliphatic rings. The van der Waals surface area contributed by atoms with Crippen LogP contribution in [0, 0.1) is 17.0 Å². The topological polar surface area (TPSA) is 71.3 Å². The van der Waals surface area contributed by atoms with E-state index in [4.69, 9.17) is 0 Å². The molecule has 0 bridgehead atoms. The molecule has 0 aliphatic heterocycles. The number of hydrogen-bond acceptors (Lipinski definition) is 6. The fourth-order valence-electron chi connectivity index (χ4n) is 2.20. The summed E-state index contributed by atoms with van der Waals surface area (Å²) in [5.74, 6) is 0. The molecular weight excluding hydrogens is 276 g/mol. The summed E-state index contributed by atoms with van der Waals surface area (Å²) in [5.41, 5.74) is 1.44. The maximum atomic E-state index is 11.2. The predicted octanol–water partition coefficient (Wildman–Crippen LogP) is 2.87. The highest BCUT2D eigenvalue weighted by Gasteiger charge is 2.18. The number of hydrogen-bond donors (Lipinski definition) is 1. The van der Waals surface area contributed by atoms with Crippen molar-refractivity contribution in [1.29, 1.82) is 0 Å². The van der Waals surface area contributed by atoms with Crippen molar-refractivity contribution in [2.24, 2.45) is 0 Å². The number of benzene rings is 1. The molecule has 6 nitrogen and oxygen atoms in total. The molecule has 1 heterocycles. The molecule has 1 aromatic heterocycles. The van der Waals surface area contributed by atoms with E-state index < -0.39 is 0 Å². The quantitative estimate of drug-likeness (QED) is 0.678. The molecule has 0 amide bonds. The first-order valence-corrected chi connectivity index (χ1v) is 7.15. The third-order valence-corrected chi connectivity index (χ3v) is 3.78. The molecule has 2 rings (SSSR count). The zero-order valence-electron chi connectivity index (χ0n) is 12.0. The molecule has 1 aromatic carbocycles. The Balaban J connectivity index is 2.38. The largest absolute Gasteiger partial charge is 0.376 e. The smallest absolute Gasteiger partial charge is 0.293 e. The Kier molecular flexibility index (Phi) is 4.20. The number of fused-ring (bicyclic) bond motifs is 1. The fraction of sp³-hybridized carbons (Fsp3) is 0.462. The van der Waals surface area contributed by atoms with Gasteiger partial charge in [0.15, 0.2) is 0 Å². The van der Waals surface area contributed by atoms with Crippen LogP contribution in [-0.4, -0.2) is 41.5 Å². The number of nitro benzene ring substituents is 1. The number of nitro groups is 1. The van der Waals surface area contributed by atoms with E-state index in [-0.39, 0.29) is 16.7 Å². The molecule has 1 atom stereocenters. The zero-order valence-corrected chi connectivity index (χ0v) is 12.8. The summed E-state index contributed by atoms with van der Waals surface area (Å²) >= 11 is 1.47. The van der Waals surface area contributed by atoms with Crippen LogP contribution in [0.2, 0.25) is 0 Å². The van der Waals surface area contributed by atoms with Gasteiger partial charge < -0.3 is 10.2 Å². The van der Waals surface area contributed by atoms with Gasteiger partial charge in [-0.1, -0.05) is 0 Å². The zero-order chi connectivity index (χ0) is 14.9. The molecule has 7 heteroatoms. The molecule has 20 heavy (non-hydrogen) atoms. The SMILES string of the molecule is Cc1nc2cc(NC(C)CN(C)C)c([N+](=O)[O-])cc2s1. The van der Waals surface area contributed by atoms with Crippen molar-refractivity contribution in [2.45, 2.75) is 19.9 Å². The molecular formula is C13H18N4O2S. The van der Waals surface area contributed by atoms with Crippen LogP contribution in [0.15, 0.2) is 12.1 Å². The van der Waals surface area contributed by atoms with Gasteiger partial charge in [0.1, 0.15) is 5.69 Å². The van der Waals surface area contributed by atoms with E-state index in [1.807, 2.05) is 32.8 Å². The Morgan fingerprint density at radius 1 is 1.50 bits per heavy atom. The maximum absolute atomic E-state index is 11.2. The second-order valence-electron chi connectivity index (χ2n) is 5.13. The molecule has 0 aliphatic carbocycles. The van der Waals surface area contributed by atoms with Crippen molar-refractivity contribution in [3.8, 4) is 0 Å². The van der Waals surface area contributed by atoms with Crippen LogP contribution in [0.4, 0.5) is 11.4 Å². The van der Waals surface area contributed by atoms with Gasteiger partial charge in [-0.3, -0.25) is 10.1 Å². The monoisotopic (exact) mass is 294 g/mol. The van der Waals surface area contributed by atoms with Gasteiger partial charge in [0, 0.05) is 18.7 Å². The fourth-order valence-corrected chi connectivity index (χ4v) is 3.05. The molecule has 0 radical (unpaired) electrons. The number of likely N-dealkylation sites (N-methyl/N-ethyl adjacent to an activating group) is 1. The van der Waals surface area contributed by atoms with Crippen molar-refractivity contribution < 1.29 is 4.92 Å². The third kappa shape index (κ3) is 3.23. The number of rotatable bonds is 5. The van der Waals surface area contributed by atoms with E-state index >= 15 is 0 Å². The molecule has 1 N–H and O–H groups in total. The van der Waals surface area contributed by atoms with Crippen molar-refractivity contribution in [1.82, 2.24) is 9.88 Å². The highest BCUT2D eigenvalue weighted by molar-refractivity contribution is 7.18. The number of aromatic nitrogens is 1. The maximum Gasteiger partial charge on any atom is 0.293 e. The lowest BCUT2D eigenvalue weighted by atomic mass is 10.2. The summed E-state index contributed by atoms with van der Waals surface area (Å²) in [7, 11) is 3.94. The normalized spacial score (nSPS) is 12.8. The minimum absolute atomic E-state index is 0.103. The Bertz CT molecular complexity index is 639. The van der Waals surface area contributed by atoms with Gasteiger partial charge >= 0.3 is 0 Å². The van der Waals surface area contributed by atoms with Crippen molar-refractivity contribution in [2.75, 3.05) is 26.0 Å². The first-order chi connectivity index (χ1) is 9.36. The number of thiazole rings is 1. The minimum Gasteiger partial charge on any atom is -0.376 e. The molecule has 2 aromatic rings. The second kappa shape index (κ2) is 5.72. The second-order valence-corrected chi connectivity index (χ2v) is 6.37. The average Bonchev–Trinajstić information content (AvgIpc) is 2.65. The van der Waals surface area contributed by atoms with Gasteiger partial charge in [0.25, 0.3) is 5.69 Å². The van der Waals surface area contributed by atoms with E-state index in [1.54, 1.807) is 12.1 Å². The number of nitrogens with one attached hydrogen (secondary N) is 1. The standard InChI is InChI=1S/C13H18N4O2S/c1-8(7-16(3)4)14-10-5-11-13(20-9(2)15-11)6-12(10)17(18)19/h5-6,8,14H,7H2,1-4H3. The van der Waals surface area contributed by atoms with Crippen molar-refractivity contribution in [3.63, 3.8) is 0 Å². The summed E-state index contributed by atoms with van der Waals surface area (Å²) in [6.07, 6.45) is 0. The predicted molar refractivity (Wildman–Crippen MR) is 82.7 cm³/mol. The summed E-state index contributed by atoms with van der Waals surface area (Å²) < 4.78 is 0.847. The van der Waals surface area contributed by atoms with Crippen LogP contribution >= 0.6 is 11.3 Å². The summed E-state index contributed by atoms with van der Waals surface area (Å²) in [4.78, 5) is 17.3. The summed E-state index contributed by atoms with van der Waals surface area (Å²) in [5, 5.41) is 15.3. The van der Waals surface area contributed by atoms with Crippen LogP contribution in [0.3, 0.4) is 0 Å². The van der Waals surface area contributed by atoms with E-state index in [2.05, 4.69) is 10.3 Å². The van der Waals surface area contributed by atoms with Crippen LogP contribution in [0.5, 0.6) is 0 Å². The Labute approximate surface area is 121 Å². The Morgan fingerprint density at radius 2 is 2.20 bits per heavy atom. The van der Waals surface area contributed by atoms with E-state index in [0.29, 0.717) is 5.69 Å². The Hall–Kier alpha value is -1.73. The molecule has 1 unspecified atom stereocenters. The number of aryl methyl sites for hydroxylation is 1. The van der Waals surface area contributed by atoms with Gasteiger partial charge in [-0.05, 0) is 34.0 Å². The van der Waals surface area contributed by atoms with E-state index in [1.165, 1.54) is 11.3 Å². The van der Waals surface area contributed by atoms with Gasteiger partial charge in [-0.25, -0.2) is 4.98 Å². The van der Waals surface area contributed by atoms with Crippen LogP contribution < -0.4 is 5.32 Å². The lowest BCUT2D eigenvalue weighted by Crippen LogP contribution is -2.29. The number of nitrogens with zero attached hydrogens (tertiary/aromatic N) is 3. The minimum atomic E-state index is -0.348. The molecule has 0 spiro atoms. The average molecular weight is 294 g/mol. The third-order valence-electron chi connectivity index (χ3n) is 2.85. The highest BCUT2D eigenvalue weighted by atomic mass is 32.1. The van der Waals surface area contributed by atoms with Gasteiger partial charge in [-0.2, -0.15) is 0 Å². The molecule has 0 saturated heterocycles. The number of anilines is 1. The van der Waals surface area contributed by atoms with Crippen molar-refractivity contribution in [3.05, 3.63) is 27.3 Å². The van der Waals surface area contributed by atoms with Crippen molar-refractivity contribution >= 4 is 32.9 Å². The molecule has 108 valence electrons. The lowest BCUT2D eigenvalue weighted by Gasteiger charge is -2.19. The first-order valence-electron chi connectivity index (χ1n) is 6.33. The van der Waals surface area contributed by atoms with Crippen LogP contribution in [0.25, 0.3) is 10.2 Å². The van der Waals surface area contributed by atoms with Crippen LogP contribution in [0.1, 0.15) is 11.9 Å². The molecule has 0 saturated carbocycles. The van der Waals surface area contributed by atoms with E-state index in [0.717, 1.165) is 21.8 Å². The highest BCUT2D eigenvalue weighted by Crippen LogP contribution is 2.33. The van der Waals surface area contributed by atoms with E-state index in [9.17, 15) is 10.1 Å². The summed E-state index contributed by atoms with van der Waals surface area (Å²) in [6, 6.07) is 3.48. The van der Waals surface area contributed by atoms with Gasteiger partial charge in [0.2, 0.25) is 0 Å². The first kappa shape index (κ1) is 14.7. The lowest BCUT2D eigenvalue weighted by molar-refractivity contribution is -0.383. The van der Waals surface area contributed by atoms with Crippen LogP contribution in [-0.2, 0) is 0 Å².